The van der Waals surface area contributed by atoms with E-state index in [2.05, 4.69) is 20.0 Å². The van der Waals surface area contributed by atoms with E-state index < -0.39 is 0 Å². The Bertz CT molecular complexity index is 437. The third-order valence-electron chi connectivity index (χ3n) is 2.36. The smallest absolute Gasteiger partial charge is 0.147 e. The van der Waals surface area contributed by atoms with Gasteiger partial charge in [0.05, 0.1) is 18.4 Å². The van der Waals surface area contributed by atoms with E-state index in [0.29, 0.717) is 0 Å². The molecule has 0 amide bonds. The molecule has 0 fully saturated rings. The Morgan fingerprint density at radius 3 is 2.94 bits per heavy atom. The molecule has 0 aliphatic rings. The fourth-order valence-electron chi connectivity index (χ4n) is 1.43. The van der Waals surface area contributed by atoms with Gasteiger partial charge in [0, 0.05) is 32.2 Å². The zero-order valence-corrected chi connectivity index (χ0v) is 9.54. The molecule has 0 unspecified atom stereocenters. The van der Waals surface area contributed by atoms with Crippen molar-refractivity contribution in [1.82, 2.24) is 19.7 Å². The minimum Gasteiger partial charge on any atom is -0.357 e. The number of nitrogens with zero attached hydrogens (tertiary/aromatic N) is 5. The second kappa shape index (κ2) is 4.74. The standard InChI is InChI=1S/C11H15N5/c1-10-8-12-9-11(14-10)15(2)6-7-16-5-3-4-13-16/h3-5,8-9H,6-7H2,1-2H3. The lowest BCUT2D eigenvalue weighted by molar-refractivity contribution is 0.609. The Hall–Kier alpha value is -1.91. The highest BCUT2D eigenvalue weighted by Crippen LogP contribution is 2.06. The summed E-state index contributed by atoms with van der Waals surface area (Å²) in [5.74, 6) is 0.896. The molecule has 0 aliphatic heterocycles. The first-order chi connectivity index (χ1) is 7.75. The fourth-order valence-corrected chi connectivity index (χ4v) is 1.43. The van der Waals surface area contributed by atoms with Gasteiger partial charge in [-0.25, -0.2) is 4.98 Å². The number of hydrogen-bond donors (Lipinski definition) is 0. The van der Waals surface area contributed by atoms with Crippen LogP contribution < -0.4 is 4.90 Å². The molecule has 2 rings (SSSR count). The maximum absolute atomic E-state index is 4.41. The number of rotatable bonds is 4. The number of aryl methyl sites for hydroxylation is 1. The topological polar surface area (TPSA) is 46.8 Å². The Kier molecular flexibility index (Phi) is 3.14. The van der Waals surface area contributed by atoms with Crippen molar-refractivity contribution in [2.24, 2.45) is 0 Å². The molecule has 0 aromatic carbocycles. The summed E-state index contributed by atoms with van der Waals surface area (Å²) >= 11 is 0. The van der Waals surface area contributed by atoms with Crippen molar-refractivity contribution < 1.29 is 0 Å². The van der Waals surface area contributed by atoms with Crippen molar-refractivity contribution in [1.29, 1.82) is 0 Å². The second-order valence-corrected chi connectivity index (χ2v) is 3.71. The first-order valence-electron chi connectivity index (χ1n) is 5.23. The molecule has 0 saturated carbocycles. The van der Waals surface area contributed by atoms with Crippen LogP contribution in [-0.2, 0) is 6.54 Å². The lowest BCUT2D eigenvalue weighted by Gasteiger charge is -2.17. The molecule has 0 saturated heterocycles. The summed E-state index contributed by atoms with van der Waals surface area (Å²) in [4.78, 5) is 10.6. The first-order valence-corrected chi connectivity index (χ1v) is 5.23. The summed E-state index contributed by atoms with van der Waals surface area (Å²) in [6, 6.07) is 1.92. The minimum atomic E-state index is 0.846. The van der Waals surface area contributed by atoms with Gasteiger partial charge in [-0.05, 0) is 13.0 Å². The predicted octanol–water partition coefficient (Wildman–Crippen LogP) is 1.12. The first kappa shape index (κ1) is 10.6. The largest absolute Gasteiger partial charge is 0.357 e. The molecule has 5 heteroatoms. The molecule has 0 bridgehead atoms. The number of hydrogen-bond acceptors (Lipinski definition) is 4. The van der Waals surface area contributed by atoms with Crippen molar-refractivity contribution in [2.45, 2.75) is 13.5 Å². The van der Waals surface area contributed by atoms with E-state index in [1.165, 1.54) is 0 Å². The molecule has 0 aliphatic carbocycles. The normalized spacial score (nSPS) is 10.4. The van der Waals surface area contributed by atoms with E-state index >= 15 is 0 Å². The van der Waals surface area contributed by atoms with Crippen LogP contribution >= 0.6 is 0 Å². The van der Waals surface area contributed by atoms with E-state index in [1.807, 2.05) is 30.9 Å². The highest BCUT2D eigenvalue weighted by atomic mass is 15.3. The van der Waals surface area contributed by atoms with Crippen LogP contribution in [0.1, 0.15) is 5.69 Å². The van der Waals surface area contributed by atoms with E-state index in [1.54, 1.807) is 18.6 Å². The van der Waals surface area contributed by atoms with E-state index in [0.717, 1.165) is 24.6 Å². The predicted molar refractivity (Wildman–Crippen MR) is 62.3 cm³/mol. The molecule has 2 aromatic heterocycles. The van der Waals surface area contributed by atoms with Gasteiger partial charge >= 0.3 is 0 Å². The molecule has 0 N–H and O–H groups in total. The maximum Gasteiger partial charge on any atom is 0.147 e. The van der Waals surface area contributed by atoms with E-state index in [4.69, 9.17) is 0 Å². The molecule has 84 valence electrons. The summed E-state index contributed by atoms with van der Waals surface area (Å²) < 4.78 is 1.90. The molecular weight excluding hydrogens is 202 g/mol. The number of aromatic nitrogens is 4. The van der Waals surface area contributed by atoms with Crippen LogP contribution in [0.2, 0.25) is 0 Å². The highest BCUT2D eigenvalue weighted by molar-refractivity contribution is 5.34. The Labute approximate surface area is 94.8 Å². The van der Waals surface area contributed by atoms with Crippen LogP contribution in [0.5, 0.6) is 0 Å². The van der Waals surface area contributed by atoms with Gasteiger partial charge in [-0.15, -0.1) is 0 Å². The van der Waals surface area contributed by atoms with Gasteiger partial charge in [0.15, 0.2) is 0 Å². The quantitative estimate of drug-likeness (QED) is 0.770. The summed E-state index contributed by atoms with van der Waals surface area (Å²) in [5.41, 5.74) is 0.934. The molecule has 0 radical (unpaired) electrons. The van der Waals surface area contributed by atoms with Crippen molar-refractivity contribution in [3.8, 4) is 0 Å². The van der Waals surface area contributed by atoms with Crippen molar-refractivity contribution in [3.05, 3.63) is 36.5 Å². The molecule has 2 aromatic rings. The van der Waals surface area contributed by atoms with Crippen LogP contribution in [0.25, 0.3) is 0 Å². The zero-order valence-electron chi connectivity index (χ0n) is 9.54. The Morgan fingerprint density at radius 1 is 1.38 bits per heavy atom. The molecule has 5 nitrogen and oxygen atoms in total. The van der Waals surface area contributed by atoms with Gasteiger partial charge in [-0.1, -0.05) is 0 Å². The average Bonchev–Trinajstić information content (AvgIpc) is 2.78. The Morgan fingerprint density at radius 2 is 2.25 bits per heavy atom. The number of likely N-dealkylation sites (N-methyl/N-ethyl adjacent to an activating group) is 1. The van der Waals surface area contributed by atoms with Gasteiger partial charge in [0.25, 0.3) is 0 Å². The van der Waals surface area contributed by atoms with Crippen LogP contribution in [-0.4, -0.2) is 33.3 Å². The minimum absolute atomic E-state index is 0.846. The third kappa shape index (κ3) is 2.56. The van der Waals surface area contributed by atoms with Gasteiger partial charge in [0.1, 0.15) is 5.82 Å². The average molecular weight is 217 g/mol. The van der Waals surface area contributed by atoms with Crippen molar-refractivity contribution >= 4 is 5.82 Å². The summed E-state index contributed by atoms with van der Waals surface area (Å²) in [5, 5.41) is 4.15. The number of anilines is 1. The van der Waals surface area contributed by atoms with Gasteiger partial charge in [0.2, 0.25) is 0 Å². The van der Waals surface area contributed by atoms with E-state index in [-0.39, 0.29) is 0 Å². The summed E-state index contributed by atoms with van der Waals surface area (Å²) in [7, 11) is 2.01. The van der Waals surface area contributed by atoms with Crippen molar-refractivity contribution in [3.63, 3.8) is 0 Å². The summed E-state index contributed by atoms with van der Waals surface area (Å²) in [6.45, 7) is 3.65. The zero-order chi connectivity index (χ0) is 11.4. The SMILES string of the molecule is Cc1cncc(N(C)CCn2cccn2)n1. The lowest BCUT2D eigenvalue weighted by atomic mass is 10.4. The fraction of sp³-hybridized carbons (Fsp3) is 0.364. The molecule has 0 spiro atoms. The van der Waals surface area contributed by atoms with Crippen LogP contribution in [0.15, 0.2) is 30.9 Å². The third-order valence-corrected chi connectivity index (χ3v) is 2.36. The molecular formula is C11H15N5. The Balaban J connectivity index is 1.95. The van der Waals surface area contributed by atoms with Crippen LogP contribution in [0.4, 0.5) is 5.82 Å². The van der Waals surface area contributed by atoms with Crippen LogP contribution in [0, 0.1) is 6.92 Å². The lowest BCUT2D eigenvalue weighted by Crippen LogP contribution is -2.24. The monoisotopic (exact) mass is 217 g/mol. The van der Waals surface area contributed by atoms with E-state index in [9.17, 15) is 0 Å². The van der Waals surface area contributed by atoms with Gasteiger partial charge in [-0.2, -0.15) is 5.10 Å². The molecule has 2 heterocycles. The van der Waals surface area contributed by atoms with Gasteiger partial charge in [-0.3, -0.25) is 9.67 Å². The molecule has 0 atom stereocenters. The highest BCUT2D eigenvalue weighted by Gasteiger charge is 2.02. The van der Waals surface area contributed by atoms with Crippen molar-refractivity contribution in [2.75, 3.05) is 18.5 Å². The maximum atomic E-state index is 4.41. The summed E-state index contributed by atoms with van der Waals surface area (Å²) in [6.07, 6.45) is 7.27. The second-order valence-electron chi connectivity index (χ2n) is 3.71. The van der Waals surface area contributed by atoms with Crippen LogP contribution in [0.3, 0.4) is 0 Å². The van der Waals surface area contributed by atoms with Gasteiger partial charge < -0.3 is 4.90 Å². The molecule has 16 heavy (non-hydrogen) atoms.